The van der Waals surface area contributed by atoms with Crippen LogP contribution in [0, 0.1) is 11.3 Å². The summed E-state index contributed by atoms with van der Waals surface area (Å²) < 4.78 is 0. The lowest BCUT2D eigenvalue weighted by Crippen LogP contribution is -1.98. The molecule has 2 heterocycles. The van der Waals surface area contributed by atoms with Crippen LogP contribution in [-0.4, -0.2) is 22.0 Å². The highest BCUT2D eigenvalue weighted by atomic mass is 15.0. The van der Waals surface area contributed by atoms with E-state index in [4.69, 9.17) is 5.26 Å². The summed E-state index contributed by atoms with van der Waals surface area (Å²) in [7, 11) is 1.80. The second kappa shape index (κ2) is 6.62. The van der Waals surface area contributed by atoms with Crippen LogP contribution < -0.4 is 5.32 Å². The van der Waals surface area contributed by atoms with E-state index in [1.54, 1.807) is 25.6 Å². The first-order chi connectivity index (χ1) is 9.78. The molecular formula is C15H17N5. The second-order valence-corrected chi connectivity index (χ2v) is 4.48. The van der Waals surface area contributed by atoms with Crippen molar-refractivity contribution in [1.29, 1.82) is 5.26 Å². The van der Waals surface area contributed by atoms with Gasteiger partial charge in [-0.2, -0.15) is 5.26 Å². The Morgan fingerprint density at radius 2 is 1.95 bits per heavy atom. The third-order valence-corrected chi connectivity index (χ3v) is 3.09. The smallest absolute Gasteiger partial charge is 0.144 e. The summed E-state index contributed by atoms with van der Waals surface area (Å²) in [5.74, 6) is 0.636. The molecule has 0 fully saturated rings. The number of anilines is 1. The highest BCUT2D eigenvalue weighted by Gasteiger charge is 2.10. The Hall–Kier alpha value is -2.48. The van der Waals surface area contributed by atoms with Crippen LogP contribution in [0.5, 0.6) is 0 Å². The Labute approximate surface area is 118 Å². The van der Waals surface area contributed by atoms with E-state index >= 15 is 0 Å². The van der Waals surface area contributed by atoms with E-state index in [1.807, 2.05) is 12.1 Å². The van der Waals surface area contributed by atoms with Crippen LogP contribution in [-0.2, 0) is 0 Å². The monoisotopic (exact) mass is 267 g/mol. The van der Waals surface area contributed by atoms with Gasteiger partial charge in [-0.05, 0) is 18.1 Å². The summed E-state index contributed by atoms with van der Waals surface area (Å²) in [6, 6.07) is 6.15. The largest absolute Gasteiger partial charge is 0.372 e. The second-order valence-electron chi connectivity index (χ2n) is 4.48. The van der Waals surface area contributed by atoms with Crippen LogP contribution in [0.2, 0.25) is 0 Å². The Kier molecular flexibility index (Phi) is 4.61. The lowest BCUT2D eigenvalue weighted by atomic mass is 9.97. The molecule has 5 heteroatoms. The van der Waals surface area contributed by atoms with Crippen LogP contribution in [0.25, 0.3) is 11.4 Å². The van der Waals surface area contributed by atoms with Crippen LogP contribution in [0.3, 0.4) is 0 Å². The molecule has 20 heavy (non-hydrogen) atoms. The number of hydrogen-bond acceptors (Lipinski definition) is 5. The van der Waals surface area contributed by atoms with E-state index in [-0.39, 0.29) is 5.92 Å². The molecule has 102 valence electrons. The van der Waals surface area contributed by atoms with Crippen LogP contribution in [0.1, 0.15) is 31.2 Å². The van der Waals surface area contributed by atoms with Gasteiger partial charge in [-0.1, -0.05) is 19.4 Å². The molecule has 0 aliphatic heterocycles. The van der Waals surface area contributed by atoms with Gasteiger partial charge in [-0.3, -0.25) is 4.98 Å². The van der Waals surface area contributed by atoms with Gasteiger partial charge in [0.2, 0.25) is 0 Å². The van der Waals surface area contributed by atoms with Gasteiger partial charge >= 0.3 is 0 Å². The predicted molar refractivity (Wildman–Crippen MR) is 78.1 cm³/mol. The van der Waals surface area contributed by atoms with Crippen molar-refractivity contribution in [2.75, 3.05) is 12.4 Å². The van der Waals surface area contributed by atoms with E-state index in [0.717, 1.165) is 35.6 Å². The van der Waals surface area contributed by atoms with Crippen LogP contribution in [0.15, 0.2) is 30.7 Å². The zero-order chi connectivity index (χ0) is 14.4. The zero-order valence-electron chi connectivity index (χ0n) is 11.7. The molecule has 1 N–H and O–H groups in total. The molecule has 0 aliphatic carbocycles. The van der Waals surface area contributed by atoms with Crippen molar-refractivity contribution in [2.45, 2.75) is 25.7 Å². The summed E-state index contributed by atoms with van der Waals surface area (Å²) in [6.45, 7) is 2.07. The molecule has 1 atom stereocenters. The third-order valence-electron chi connectivity index (χ3n) is 3.09. The molecule has 0 saturated carbocycles. The minimum atomic E-state index is -0.0840. The van der Waals surface area contributed by atoms with Gasteiger partial charge < -0.3 is 5.32 Å². The standard InChI is InChI=1S/C15H17N5/c1-3-4-11(7-16)12-5-6-13(18-8-12)14-9-20-15(17-2)10-19-14/h5-6,8-11H,3-4H2,1-2H3,(H,17,20). The number of nitrogens with zero attached hydrogens (tertiary/aromatic N) is 4. The number of aromatic nitrogens is 3. The fourth-order valence-electron chi connectivity index (χ4n) is 1.95. The average molecular weight is 267 g/mol. The van der Waals surface area contributed by atoms with Crippen molar-refractivity contribution < 1.29 is 0 Å². The maximum Gasteiger partial charge on any atom is 0.144 e. The van der Waals surface area contributed by atoms with E-state index < -0.39 is 0 Å². The molecule has 0 aliphatic rings. The normalized spacial score (nSPS) is 11.7. The summed E-state index contributed by atoms with van der Waals surface area (Å²) in [6.07, 6.45) is 6.94. The first kappa shape index (κ1) is 13.9. The molecule has 5 nitrogen and oxygen atoms in total. The SMILES string of the molecule is CCCC(C#N)c1ccc(-c2cnc(NC)cn2)nc1. The Morgan fingerprint density at radius 1 is 1.15 bits per heavy atom. The van der Waals surface area contributed by atoms with Gasteiger partial charge in [0.25, 0.3) is 0 Å². The van der Waals surface area contributed by atoms with E-state index in [2.05, 4.69) is 33.3 Å². The Bertz CT molecular complexity index is 583. The maximum atomic E-state index is 9.15. The van der Waals surface area contributed by atoms with Crippen molar-refractivity contribution in [2.24, 2.45) is 0 Å². The summed E-state index contributed by atoms with van der Waals surface area (Å²) >= 11 is 0. The highest BCUT2D eigenvalue weighted by molar-refractivity contribution is 5.54. The van der Waals surface area contributed by atoms with Gasteiger partial charge in [0.1, 0.15) is 11.5 Å². The molecule has 0 amide bonds. The minimum Gasteiger partial charge on any atom is -0.372 e. The summed E-state index contributed by atoms with van der Waals surface area (Å²) in [4.78, 5) is 12.9. The number of nitriles is 1. The third kappa shape index (κ3) is 3.09. The lowest BCUT2D eigenvalue weighted by molar-refractivity contribution is 0.724. The molecule has 0 saturated heterocycles. The van der Waals surface area contributed by atoms with Crippen LogP contribution in [0.4, 0.5) is 5.82 Å². The van der Waals surface area contributed by atoms with Gasteiger partial charge in [0.05, 0.1) is 30.1 Å². The maximum absolute atomic E-state index is 9.15. The number of rotatable bonds is 5. The minimum absolute atomic E-state index is 0.0840. The van der Waals surface area contributed by atoms with Gasteiger partial charge in [-0.25, -0.2) is 9.97 Å². The Balaban J connectivity index is 2.20. The van der Waals surface area contributed by atoms with Gasteiger partial charge in [0.15, 0.2) is 0 Å². The zero-order valence-corrected chi connectivity index (χ0v) is 11.7. The molecule has 0 spiro atoms. The fraction of sp³-hybridized carbons (Fsp3) is 0.333. The number of hydrogen-bond donors (Lipinski definition) is 1. The number of nitrogens with one attached hydrogen (secondary N) is 1. The van der Waals surface area contributed by atoms with E-state index in [9.17, 15) is 0 Å². The first-order valence-electron chi connectivity index (χ1n) is 6.64. The highest BCUT2D eigenvalue weighted by Crippen LogP contribution is 2.22. The quantitative estimate of drug-likeness (QED) is 0.901. The Morgan fingerprint density at radius 3 is 2.45 bits per heavy atom. The van der Waals surface area contributed by atoms with Crippen molar-refractivity contribution in [3.05, 3.63) is 36.3 Å². The topological polar surface area (TPSA) is 74.5 Å². The van der Waals surface area contributed by atoms with Crippen molar-refractivity contribution in [3.8, 4) is 17.5 Å². The molecular weight excluding hydrogens is 250 g/mol. The first-order valence-corrected chi connectivity index (χ1v) is 6.64. The molecule has 0 aromatic carbocycles. The van der Waals surface area contributed by atoms with E-state index in [1.165, 1.54) is 0 Å². The average Bonchev–Trinajstić information content (AvgIpc) is 2.53. The van der Waals surface area contributed by atoms with Crippen molar-refractivity contribution in [3.63, 3.8) is 0 Å². The molecule has 2 aromatic heterocycles. The van der Waals surface area contributed by atoms with Crippen molar-refractivity contribution in [1.82, 2.24) is 15.0 Å². The molecule has 1 unspecified atom stereocenters. The number of pyridine rings is 1. The predicted octanol–water partition coefficient (Wildman–Crippen LogP) is 2.99. The van der Waals surface area contributed by atoms with Gasteiger partial charge in [-0.15, -0.1) is 0 Å². The molecule has 0 radical (unpaired) electrons. The summed E-state index contributed by atoms with van der Waals surface area (Å²) in [5, 5.41) is 12.1. The van der Waals surface area contributed by atoms with Gasteiger partial charge in [0, 0.05) is 13.2 Å². The van der Waals surface area contributed by atoms with Crippen molar-refractivity contribution >= 4 is 5.82 Å². The fourth-order valence-corrected chi connectivity index (χ4v) is 1.95. The lowest BCUT2D eigenvalue weighted by Gasteiger charge is -2.08. The van der Waals surface area contributed by atoms with Crippen LogP contribution >= 0.6 is 0 Å². The molecule has 2 aromatic rings. The molecule has 0 bridgehead atoms. The summed E-state index contributed by atoms with van der Waals surface area (Å²) in [5.41, 5.74) is 2.44. The molecule has 2 rings (SSSR count). The van der Waals surface area contributed by atoms with E-state index in [0.29, 0.717) is 0 Å².